The minimum Gasteiger partial charge on any atom is -0.397 e. The number of fused-ring (bicyclic) bond motifs is 2. The maximum atomic E-state index is 12.8. The Hall–Kier alpha value is -2.77. The summed E-state index contributed by atoms with van der Waals surface area (Å²) < 4.78 is 0.852. The molecule has 0 saturated carbocycles. The number of nitrogens with two attached hydrogens (primary N) is 1. The standard InChI is InChI=1S/C23H19BrN4OS/c24-16-7-9-19(26-12-16)28-22(29)21-20(25)17-11-15-10-14(13-4-2-1-3-5-13)6-8-18(15)27-23(17)30-21/h1-5,7,9,11-12,14H,6,8,10,25H2,(H,26,28,29)/t14-/m1/s1. The average molecular weight is 479 g/mol. The Kier molecular flexibility index (Phi) is 5.00. The highest BCUT2D eigenvalue weighted by Gasteiger charge is 2.24. The third kappa shape index (κ3) is 3.59. The van der Waals surface area contributed by atoms with Gasteiger partial charge in [0, 0.05) is 21.7 Å². The molecule has 1 aliphatic carbocycles. The number of hydrogen-bond acceptors (Lipinski definition) is 5. The average Bonchev–Trinajstić information content (AvgIpc) is 3.09. The summed E-state index contributed by atoms with van der Waals surface area (Å²) in [6, 6.07) is 16.3. The van der Waals surface area contributed by atoms with E-state index in [0.29, 0.717) is 22.3 Å². The van der Waals surface area contributed by atoms with Crippen molar-refractivity contribution in [3.05, 3.63) is 80.9 Å². The van der Waals surface area contributed by atoms with Gasteiger partial charge >= 0.3 is 0 Å². The number of rotatable bonds is 3. The van der Waals surface area contributed by atoms with Crippen molar-refractivity contribution in [2.75, 3.05) is 11.1 Å². The van der Waals surface area contributed by atoms with Gasteiger partial charge in [-0.3, -0.25) is 4.79 Å². The van der Waals surface area contributed by atoms with E-state index in [-0.39, 0.29) is 5.91 Å². The van der Waals surface area contributed by atoms with Crippen LogP contribution in [0.5, 0.6) is 0 Å². The Labute approximate surface area is 186 Å². The number of nitrogens with zero attached hydrogens (tertiary/aromatic N) is 2. The van der Waals surface area contributed by atoms with E-state index in [4.69, 9.17) is 10.7 Å². The van der Waals surface area contributed by atoms with Crippen LogP contribution in [0, 0.1) is 0 Å². The van der Waals surface area contributed by atoms with Crippen molar-refractivity contribution in [2.24, 2.45) is 0 Å². The molecule has 5 rings (SSSR count). The third-order valence-corrected chi connectivity index (χ3v) is 7.11. The van der Waals surface area contributed by atoms with Gasteiger partial charge in [0.2, 0.25) is 0 Å². The second-order valence-corrected chi connectivity index (χ2v) is 9.37. The predicted octanol–water partition coefficient (Wildman–Crippen LogP) is 5.56. The van der Waals surface area contributed by atoms with E-state index < -0.39 is 0 Å². The van der Waals surface area contributed by atoms with Crippen LogP contribution in [0.3, 0.4) is 0 Å². The van der Waals surface area contributed by atoms with E-state index in [9.17, 15) is 4.79 Å². The number of aryl methyl sites for hydroxylation is 1. The highest BCUT2D eigenvalue weighted by molar-refractivity contribution is 9.10. The summed E-state index contributed by atoms with van der Waals surface area (Å²) in [7, 11) is 0. The van der Waals surface area contributed by atoms with Crippen molar-refractivity contribution in [1.82, 2.24) is 9.97 Å². The highest BCUT2D eigenvalue weighted by atomic mass is 79.9. The Bertz CT molecular complexity index is 1240. The lowest BCUT2D eigenvalue weighted by Gasteiger charge is -2.24. The van der Waals surface area contributed by atoms with Gasteiger partial charge in [0.05, 0.1) is 5.69 Å². The van der Waals surface area contributed by atoms with Crippen molar-refractivity contribution in [3.8, 4) is 0 Å². The van der Waals surface area contributed by atoms with E-state index in [1.54, 1.807) is 12.3 Å². The molecule has 0 fully saturated rings. The van der Waals surface area contributed by atoms with Crippen LogP contribution in [0.25, 0.3) is 10.2 Å². The molecule has 7 heteroatoms. The number of amides is 1. The number of carbonyl (C=O) groups is 1. The second kappa shape index (κ2) is 7.81. The van der Waals surface area contributed by atoms with Crippen molar-refractivity contribution in [3.63, 3.8) is 0 Å². The van der Waals surface area contributed by atoms with E-state index >= 15 is 0 Å². The normalized spacial score (nSPS) is 15.7. The first-order valence-corrected chi connectivity index (χ1v) is 11.4. The van der Waals surface area contributed by atoms with Gasteiger partial charge in [-0.25, -0.2) is 9.97 Å². The second-order valence-electron chi connectivity index (χ2n) is 7.46. The first-order chi connectivity index (χ1) is 14.6. The van der Waals surface area contributed by atoms with Gasteiger partial charge in [-0.05, 0) is 70.4 Å². The Morgan fingerprint density at radius 3 is 2.80 bits per heavy atom. The fourth-order valence-corrected chi connectivity index (χ4v) is 5.22. The first-order valence-electron chi connectivity index (χ1n) is 9.77. The van der Waals surface area contributed by atoms with E-state index in [0.717, 1.165) is 39.6 Å². The van der Waals surface area contributed by atoms with Gasteiger partial charge in [-0.15, -0.1) is 11.3 Å². The van der Waals surface area contributed by atoms with Crippen LogP contribution in [0.1, 0.15) is 38.8 Å². The molecule has 5 nitrogen and oxygen atoms in total. The molecule has 0 unspecified atom stereocenters. The molecule has 4 aromatic rings. The lowest BCUT2D eigenvalue weighted by molar-refractivity contribution is 0.103. The fraction of sp³-hybridized carbons (Fsp3) is 0.174. The summed E-state index contributed by atoms with van der Waals surface area (Å²) in [5.74, 6) is 0.715. The summed E-state index contributed by atoms with van der Waals surface area (Å²) in [5.41, 5.74) is 10.6. The monoisotopic (exact) mass is 478 g/mol. The van der Waals surface area contributed by atoms with Crippen molar-refractivity contribution in [2.45, 2.75) is 25.2 Å². The van der Waals surface area contributed by atoms with Crippen molar-refractivity contribution >= 4 is 54.9 Å². The number of anilines is 2. The smallest absolute Gasteiger partial charge is 0.269 e. The Morgan fingerprint density at radius 2 is 2.03 bits per heavy atom. The first kappa shape index (κ1) is 19.2. The van der Waals surface area contributed by atoms with Crippen LogP contribution in [-0.2, 0) is 12.8 Å². The van der Waals surface area contributed by atoms with Crippen molar-refractivity contribution < 1.29 is 4.79 Å². The molecule has 0 saturated heterocycles. The summed E-state index contributed by atoms with van der Waals surface area (Å²) in [5, 5.41) is 3.68. The Balaban J connectivity index is 1.45. The summed E-state index contributed by atoms with van der Waals surface area (Å²) in [6.45, 7) is 0. The fourth-order valence-electron chi connectivity index (χ4n) is 3.99. The topological polar surface area (TPSA) is 80.9 Å². The number of nitrogen functional groups attached to an aromatic ring is 1. The van der Waals surface area contributed by atoms with Crippen LogP contribution in [-0.4, -0.2) is 15.9 Å². The van der Waals surface area contributed by atoms with E-state index in [2.05, 4.69) is 56.6 Å². The number of pyridine rings is 2. The molecule has 1 aromatic carbocycles. The Morgan fingerprint density at radius 1 is 1.20 bits per heavy atom. The van der Waals surface area contributed by atoms with Gasteiger partial charge in [0.1, 0.15) is 15.5 Å². The SMILES string of the molecule is Nc1c(C(=O)Nc2ccc(Br)cn2)sc2nc3c(cc12)C[C@H](c1ccccc1)CC3. The lowest BCUT2D eigenvalue weighted by Crippen LogP contribution is -2.14. The molecule has 0 bridgehead atoms. The van der Waals surface area contributed by atoms with Gasteiger partial charge in [-0.2, -0.15) is 0 Å². The number of hydrogen-bond donors (Lipinski definition) is 2. The number of aromatic nitrogens is 2. The molecule has 0 spiro atoms. The summed E-state index contributed by atoms with van der Waals surface area (Å²) in [6.07, 6.45) is 4.61. The zero-order valence-electron chi connectivity index (χ0n) is 16.1. The summed E-state index contributed by atoms with van der Waals surface area (Å²) in [4.78, 5) is 23.1. The molecular formula is C23H19BrN4OS. The van der Waals surface area contributed by atoms with Crippen LogP contribution in [0.15, 0.2) is 59.2 Å². The number of halogens is 1. The molecule has 0 aliphatic heterocycles. The number of nitrogens with one attached hydrogen (secondary N) is 1. The summed E-state index contributed by atoms with van der Waals surface area (Å²) >= 11 is 4.68. The third-order valence-electron chi connectivity index (χ3n) is 5.53. The van der Waals surface area contributed by atoms with E-state index in [1.807, 2.05) is 12.1 Å². The molecule has 1 amide bonds. The molecule has 30 heavy (non-hydrogen) atoms. The minimum atomic E-state index is -0.259. The molecule has 3 heterocycles. The quantitative estimate of drug-likeness (QED) is 0.403. The molecule has 3 N–H and O–H groups in total. The van der Waals surface area contributed by atoms with Crippen LogP contribution < -0.4 is 11.1 Å². The zero-order chi connectivity index (χ0) is 20.7. The maximum Gasteiger partial charge on any atom is 0.269 e. The van der Waals surface area contributed by atoms with Gasteiger partial charge in [0.15, 0.2) is 0 Å². The maximum absolute atomic E-state index is 12.8. The molecule has 3 aromatic heterocycles. The molecular weight excluding hydrogens is 460 g/mol. The minimum absolute atomic E-state index is 0.259. The molecule has 1 atom stereocenters. The largest absolute Gasteiger partial charge is 0.397 e. The predicted molar refractivity (Wildman–Crippen MR) is 125 cm³/mol. The van der Waals surface area contributed by atoms with Crippen molar-refractivity contribution in [1.29, 1.82) is 0 Å². The molecule has 0 radical (unpaired) electrons. The highest BCUT2D eigenvalue weighted by Crippen LogP contribution is 2.38. The van der Waals surface area contributed by atoms with Crippen LogP contribution >= 0.6 is 27.3 Å². The van der Waals surface area contributed by atoms with Crippen LogP contribution in [0.2, 0.25) is 0 Å². The molecule has 1 aliphatic rings. The van der Waals surface area contributed by atoms with Gasteiger partial charge < -0.3 is 11.1 Å². The van der Waals surface area contributed by atoms with Gasteiger partial charge in [-0.1, -0.05) is 30.3 Å². The van der Waals surface area contributed by atoms with E-state index in [1.165, 1.54) is 22.5 Å². The number of carbonyl (C=O) groups excluding carboxylic acids is 1. The van der Waals surface area contributed by atoms with Gasteiger partial charge in [0.25, 0.3) is 5.91 Å². The number of benzene rings is 1. The van der Waals surface area contributed by atoms with Crippen LogP contribution in [0.4, 0.5) is 11.5 Å². The zero-order valence-corrected chi connectivity index (χ0v) is 18.5. The lowest BCUT2D eigenvalue weighted by atomic mass is 9.82. The molecule has 150 valence electrons. The number of thiophene rings is 1.